The summed E-state index contributed by atoms with van der Waals surface area (Å²) in [6, 6.07) is 46.5. The molecule has 6 aromatic carbocycles. The molecule has 69 heavy (non-hydrogen) atoms. The van der Waals surface area contributed by atoms with Crippen molar-refractivity contribution < 1.29 is 0 Å². The minimum Gasteiger partial charge on any atom is -0.334 e. The Kier molecular flexibility index (Phi) is 10.3. The van der Waals surface area contributed by atoms with E-state index in [9.17, 15) is 0 Å². The SMILES string of the molecule is CC1(C)CC2(C)c3cc(C(C)(C)C)ccc3N(c3cc4c5c(c3)N(c3ccc(C(C)(C)C)cc3)c3ccc(C(C)(C)C)cc3B5c3cc(C(C)(C)C)ccc3N4c3ccc(C(C)(C)C)cc3)C2(C)C1. The third-order valence-electron chi connectivity index (χ3n) is 17.1. The monoisotopic (exact) mass is 914 g/mol. The Morgan fingerprint density at radius 3 is 1.13 bits per heavy atom. The molecule has 10 rings (SSSR count). The lowest BCUT2D eigenvalue weighted by Gasteiger charge is -2.47. The maximum atomic E-state index is 2.81. The average molecular weight is 914 g/mol. The highest BCUT2D eigenvalue weighted by atomic mass is 15.3. The van der Waals surface area contributed by atoms with Gasteiger partial charge in [-0.3, -0.25) is 0 Å². The van der Waals surface area contributed by atoms with Crippen molar-refractivity contribution >= 4 is 68.6 Å². The molecule has 1 aliphatic carbocycles. The molecule has 1 saturated carbocycles. The van der Waals surface area contributed by atoms with Crippen LogP contribution in [-0.2, 0) is 32.5 Å². The molecule has 3 aliphatic heterocycles. The van der Waals surface area contributed by atoms with E-state index in [-0.39, 0.29) is 50.2 Å². The van der Waals surface area contributed by atoms with Crippen molar-refractivity contribution in [1.82, 2.24) is 0 Å². The zero-order valence-electron chi connectivity index (χ0n) is 45.8. The Hall–Kier alpha value is -5.22. The predicted octanol–water partition coefficient (Wildman–Crippen LogP) is 16.2. The number of anilines is 8. The molecule has 0 aromatic heterocycles. The minimum absolute atomic E-state index is 0.0142. The lowest BCUT2D eigenvalue weighted by atomic mass is 9.33. The van der Waals surface area contributed by atoms with Gasteiger partial charge >= 0.3 is 0 Å². The van der Waals surface area contributed by atoms with Gasteiger partial charge in [-0.05, 0) is 157 Å². The summed E-state index contributed by atoms with van der Waals surface area (Å²) in [4.78, 5) is 8.08. The summed E-state index contributed by atoms with van der Waals surface area (Å²) in [5.74, 6) is 0. The molecule has 2 unspecified atom stereocenters. The van der Waals surface area contributed by atoms with E-state index >= 15 is 0 Å². The van der Waals surface area contributed by atoms with Crippen LogP contribution in [0.2, 0.25) is 0 Å². The molecule has 0 spiro atoms. The van der Waals surface area contributed by atoms with Gasteiger partial charge in [0.2, 0.25) is 0 Å². The number of hydrogen-bond acceptors (Lipinski definition) is 3. The van der Waals surface area contributed by atoms with Gasteiger partial charge in [0.05, 0.1) is 5.54 Å². The van der Waals surface area contributed by atoms with Crippen molar-refractivity contribution in [3.63, 3.8) is 0 Å². The van der Waals surface area contributed by atoms with E-state index in [0.717, 1.165) is 12.8 Å². The van der Waals surface area contributed by atoms with Gasteiger partial charge in [0.15, 0.2) is 0 Å². The lowest BCUT2D eigenvalue weighted by molar-refractivity contribution is 0.330. The maximum absolute atomic E-state index is 2.81. The van der Waals surface area contributed by atoms with E-state index in [1.165, 1.54) is 95.3 Å². The first kappa shape index (κ1) is 47.5. The van der Waals surface area contributed by atoms with Crippen LogP contribution in [0.3, 0.4) is 0 Å². The second-order valence-corrected chi connectivity index (χ2v) is 28.1. The van der Waals surface area contributed by atoms with Gasteiger partial charge < -0.3 is 14.7 Å². The maximum Gasteiger partial charge on any atom is 0.252 e. The second-order valence-electron chi connectivity index (χ2n) is 28.1. The first-order valence-corrected chi connectivity index (χ1v) is 26.1. The molecule has 0 amide bonds. The Morgan fingerprint density at radius 1 is 0.377 bits per heavy atom. The van der Waals surface area contributed by atoms with Crippen LogP contribution in [0.25, 0.3) is 0 Å². The normalized spacial score (nSPS) is 20.7. The summed E-state index contributed by atoms with van der Waals surface area (Å²) in [5, 5.41) is 0. The van der Waals surface area contributed by atoms with Gasteiger partial charge in [-0.15, -0.1) is 0 Å². The largest absolute Gasteiger partial charge is 0.334 e. The summed E-state index contributed by atoms with van der Waals surface area (Å²) in [6.07, 6.45) is 2.23. The third-order valence-corrected chi connectivity index (χ3v) is 17.1. The van der Waals surface area contributed by atoms with Crippen LogP contribution in [0.5, 0.6) is 0 Å². The van der Waals surface area contributed by atoms with Crippen molar-refractivity contribution in [2.24, 2.45) is 5.41 Å². The topological polar surface area (TPSA) is 9.72 Å². The number of nitrogens with zero attached hydrogens (tertiary/aromatic N) is 3. The number of rotatable bonds is 3. The van der Waals surface area contributed by atoms with E-state index < -0.39 is 0 Å². The molecular formula is C65H80BN3. The van der Waals surface area contributed by atoms with E-state index in [4.69, 9.17) is 0 Å². The standard InChI is InChI=1S/C65H80BN3/c1-58(2,3)41-20-27-46(28-21-41)67-53-32-25-44(61(10,11)12)35-50(53)66-51-36-45(62(13,14)15)26-33-54(51)68(47-29-22-42(23-30-47)59(4,5)6)56-38-48(37-55(67)57(56)66)69-52-31-24-43(60(7,8)9)34-49(52)64(18)39-63(16,17)40-65(64,69)19/h20-38H,39-40H2,1-19H3. The summed E-state index contributed by atoms with van der Waals surface area (Å²) >= 11 is 0. The highest BCUT2D eigenvalue weighted by molar-refractivity contribution is 7.00. The van der Waals surface area contributed by atoms with Gasteiger partial charge in [-0.1, -0.05) is 185 Å². The molecule has 3 heterocycles. The number of benzene rings is 6. The first-order chi connectivity index (χ1) is 31.8. The van der Waals surface area contributed by atoms with Gasteiger partial charge in [0, 0.05) is 50.9 Å². The molecule has 3 nitrogen and oxygen atoms in total. The van der Waals surface area contributed by atoms with Gasteiger partial charge in [-0.25, -0.2) is 0 Å². The zero-order chi connectivity index (χ0) is 50.0. The molecule has 4 heteroatoms. The van der Waals surface area contributed by atoms with E-state index in [2.05, 4.69) is 262 Å². The van der Waals surface area contributed by atoms with Crippen LogP contribution < -0.4 is 31.1 Å². The van der Waals surface area contributed by atoms with Gasteiger partial charge in [-0.2, -0.15) is 0 Å². The van der Waals surface area contributed by atoms with Crippen LogP contribution in [0.1, 0.15) is 178 Å². The van der Waals surface area contributed by atoms with E-state index in [1.54, 1.807) is 0 Å². The van der Waals surface area contributed by atoms with Crippen molar-refractivity contribution in [1.29, 1.82) is 0 Å². The molecule has 2 atom stereocenters. The Morgan fingerprint density at radius 2 is 0.739 bits per heavy atom. The number of fused-ring (bicyclic) bond motifs is 7. The summed E-state index contributed by atoms with van der Waals surface area (Å²) in [7, 11) is 0. The molecule has 0 saturated heterocycles. The van der Waals surface area contributed by atoms with Gasteiger partial charge in [0.25, 0.3) is 6.71 Å². The summed E-state index contributed by atoms with van der Waals surface area (Å²) in [5.41, 5.74) is 22.5. The molecule has 1 fully saturated rings. The molecule has 0 radical (unpaired) electrons. The van der Waals surface area contributed by atoms with Crippen LogP contribution in [0, 0.1) is 5.41 Å². The highest BCUT2D eigenvalue weighted by Gasteiger charge is 2.64. The van der Waals surface area contributed by atoms with Gasteiger partial charge in [0.1, 0.15) is 0 Å². The van der Waals surface area contributed by atoms with Crippen molar-refractivity contribution in [3.05, 3.63) is 149 Å². The molecule has 358 valence electrons. The summed E-state index contributed by atoms with van der Waals surface area (Å²) in [6.45, 7) is 45.4. The van der Waals surface area contributed by atoms with Crippen molar-refractivity contribution in [3.8, 4) is 0 Å². The first-order valence-electron chi connectivity index (χ1n) is 26.1. The van der Waals surface area contributed by atoms with E-state index in [0.29, 0.717) is 0 Å². The zero-order valence-corrected chi connectivity index (χ0v) is 45.8. The second kappa shape index (κ2) is 14.9. The minimum atomic E-state index is -0.170. The smallest absolute Gasteiger partial charge is 0.252 e. The Balaban J connectivity index is 1.34. The number of hydrogen-bond donors (Lipinski definition) is 0. The van der Waals surface area contributed by atoms with Crippen LogP contribution >= 0.6 is 0 Å². The Bertz CT molecular complexity index is 2880. The predicted molar refractivity (Wildman–Crippen MR) is 301 cm³/mol. The lowest BCUT2D eigenvalue weighted by Crippen LogP contribution is -2.62. The fourth-order valence-electron chi connectivity index (χ4n) is 13.2. The Labute approximate surface area is 417 Å². The quantitative estimate of drug-likeness (QED) is 0.164. The summed E-state index contributed by atoms with van der Waals surface area (Å²) < 4.78 is 0. The van der Waals surface area contributed by atoms with E-state index in [1.807, 2.05) is 0 Å². The molecule has 6 aromatic rings. The molecule has 4 aliphatic rings. The van der Waals surface area contributed by atoms with Crippen molar-refractivity contribution in [2.45, 2.75) is 182 Å². The fraction of sp³-hybridized carbons (Fsp3) is 0.446. The van der Waals surface area contributed by atoms with Crippen LogP contribution in [0.4, 0.5) is 45.5 Å². The van der Waals surface area contributed by atoms with Crippen LogP contribution in [0.15, 0.2) is 115 Å². The highest BCUT2D eigenvalue weighted by Crippen LogP contribution is 2.67. The fourth-order valence-corrected chi connectivity index (χ4v) is 13.2. The molecular weight excluding hydrogens is 834 g/mol. The van der Waals surface area contributed by atoms with Crippen LogP contribution in [-0.4, -0.2) is 12.3 Å². The molecule has 0 bridgehead atoms. The average Bonchev–Trinajstić information content (AvgIpc) is 3.55. The molecule has 0 N–H and O–H groups in total. The third kappa shape index (κ3) is 7.42. The van der Waals surface area contributed by atoms with Crippen molar-refractivity contribution in [2.75, 3.05) is 14.7 Å².